The lowest BCUT2D eigenvalue weighted by molar-refractivity contribution is -0.143. The van der Waals surface area contributed by atoms with Crippen LogP contribution in [0.3, 0.4) is 0 Å². The Bertz CT molecular complexity index is 982. The van der Waals surface area contributed by atoms with Gasteiger partial charge in [-0.1, -0.05) is 42.0 Å². The molecule has 2 aromatic carbocycles. The van der Waals surface area contributed by atoms with E-state index in [0.717, 1.165) is 16.8 Å². The zero-order chi connectivity index (χ0) is 20.1. The molecule has 0 aliphatic rings. The van der Waals surface area contributed by atoms with E-state index in [0.29, 0.717) is 5.69 Å². The Balaban J connectivity index is 2.04. The lowest BCUT2D eigenvalue weighted by Crippen LogP contribution is -2.44. The summed E-state index contributed by atoms with van der Waals surface area (Å²) in [6.07, 6.45) is 1.61. The summed E-state index contributed by atoms with van der Waals surface area (Å²) in [6.45, 7) is 1.39. The Hall–Kier alpha value is -3.45. The van der Waals surface area contributed by atoms with Gasteiger partial charge < -0.3 is 15.2 Å². The Morgan fingerprint density at radius 3 is 2.57 bits per heavy atom. The summed E-state index contributed by atoms with van der Waals surface area (Å²) in [7, 11) is 1.20. The Morgan fingerprint density at radius 2 is 1.93 bits per heavy atom. The molecule has 0 saturated heterocycles. The number of nitrogens with one attached hydrogen (secondary N) is 1. The maximum absolute atomic E-state index is 12.9. The fourth-order valence-electron chi connectivity index (χ4n) is 2.82. The third-order valence-corrected chi connectivity index (χ3v) is 4.24. The number of hydrogen-bond acceptors (Lipinski definition) is 5. The Kier molecular flexibility index (Phi) is 5.86. The van der Waals surface area contributed by atoms with Gasteiger partial charge in [0.15, 0.2) is 6.04 Å². The summed E-state index contributed by atoms with van der Waals surface area (Å²) in [4.78, 5) is 24.6. The molecule has 1 aromatic heterocycles. The third-order valence-electron chi connectivity index (χ3n) is 4.24. The largest absolute Gasteiger partial charge is 0.467 e. The summed E-state index contributed by atoms with van der Waals surface area (Å²) in [5.74, 6) is -1.24. The number of aryl methyl sites for hydroxylation is 1. The molecule has 1 amide bonds. The van der Waals surface area contributed by atoms with Crippen molar-refractivity contribution in [3.63, 3.8) is 0 Å². The van der Waals surface area contributed by atoms with Gasteiger partial charge in [0.25, 0.3) is 5.91 Å². The molecule has 0 aliphatic carbocycles. The minimum Gasteiger partial charge on any atom is -0.467 e. The van der Waals surface area contributed by atoms with Gasteiger partial charge >= 0.3 is 5.97 Å². The molecule has 2 N–H and O–H groups in total. The van der Waals surface area contributed by atoms with Gasteiger partial charge in [0.1, 0.15) is 5.69 Å². The van der Waals surface area contributed by atoms with Crippen molar-refractivity contribution in [3.8, 4) is 16.9 Å². The van der Waals surface area contributed by atoms with Crippen LogP contribution in [-0.2, 0) is 9.53 Å². The number of aromatic nitrogens is 2. The number of para-hydroxylation sites is 1. The van der Waals surface area contributed by atoms with Gasteiger partial charge in [0, 0.05) is 11.8 Å². The molecule has 3 aromatic rings. The monoisotopic (exact) mass is 379 g/mol. The van der Waals surface area contributed by atoms with Crippen molar-refractivity contribution in [2.24, 2.45) is 0 Å². The van der Waals surface area contributed by atoms with Crippen LogP contribution in [0.4, 0.5) is 0 Å². The number of rotatable bonds is 6. The number of ether oxygens (including phenoxy) is 1. The number of esters is 1. The molecular weight excluding hydrogens is 358 g/mol. The van der Waals surface area contributed by atoms with Crippen molar-refractivity contribution in [2.45, 2.75) is 13.0 Å². The van der Waals surface area contributed by atoms with Crippen LogP contribution in [0.15, 0.2) is 60.8 Å². The number of benzene rings is 2. The van der Waals surface area contributed by atoms with Gasteiger partial charge in [-0.3, -0.25) is 4.79 Å². The van der Waals surface area contributed by atoms with Crippen LogP contribution in [0.1, 0.15) is 15.9 Å². The molecule has 1 atom stereocenters. The van der Waals surface area contributed by atoms with Crippen molar-refractivity contribution in [3.05, 3.63) is 71.9 Å². The van der Waals surface area contributed by atoms with Crippen molar-refractivity contribution in [2.75, 3.05) is 13.7 Å². The van der Waals surface area contributed by atoms with Gasteiger partial charge in [0.05, 0.1) is 25.0 Å². The van der Waals surface area contributed by atoms with E-state index < -0.39 is 24.5 Å². The summed E-state index contributed by atoms with van der Waals surface area (Å²) >= 11 is 0. The standard InChI is InChI=1S/C21H21N3O4/c1-14-7-6-8-15(11-14)19-17(20(26)22-18(13-25)21(27)28-2)12-24(23-19)16-9-4-3-5-10-16/h3-12,18,25H,13H2,1-2H3,(H,22,26)/t18-/m1/s1. The second kappa shape index (κ2) is 8.49. The number of carbonyl (C=O) groups is 2. The van der Waals surface area contributed by atoms with Gasteiger partial charge in [-0.15, -0.1) is 0 Å². The molecule has 0 spiro atoms. The lowest BCUT2D eigenvalue weighted by Gasteiger charge is -2.13. The minimum atomic E-state index is -1.15. The van der Waals surface area contributed by atoms with Gasteiger partial charge in [-0.2, -0.15) is 5.10 Å². The van der Waals surface area contributed by atoms with Crippen molar-refractivity contribution in [1.82, 2.24) is 15.1 Å². The van der Waals surface area contributed by atoms with E-state index >= 15 is 0 Å². The van der Waals surface area contributed by atoms with E-state index in [2.05, 4.69) is 15.2 Å². The maximum atomic E-state index is 12.9. The Morgan fingerprint density at radius 1 is 1.18 bits per heavy atom. The number of hydrogen-bond donors (Lipinski definition) is 2. The summed E-state index contributed by atoms with van der Waals surface area (Å²) in [5.41, 5.74) is 3.37. The van der Waals surface area contributed by atoms with E-state index in [-0.39, 0.29) is 5.56 Å². The summed E-state index contributed by atoms with van der Waals surface area (Å²) < 4.78 is 6.22. The smallest absolute Gasteiger partial charge is 0.330 e. The molecule has 3 rings (SSSR count). The van der Waals surface area contributed by atoms with Crippen LogP contribution < -0.4 is 5.32 Å². The Labute approximate surface area is 162 Å². The van der Waals surface area contributed by atoms with Crippen LogP contribution in [0.2, 0.25) is 0 Å². The van der Waals surface area contributed by atoms with E-state index in [1.54, 1.807) is 10.9 Å². The molecule has 0 aliphatic heterocycles. The van der Waals surface area contributed by atoms with E-state index in [9.17, 15) is 14.7 Å². The highest BCUT2D eigenvalue weighted by Gasteiger charge is 2.25. The van der Waals surface area contributed by atoms with Crippen LogP contribution in [0.5, 0.6) is 0 Å². The second-order valence-electron chi connectivity index (χ2n) is 6.27. The molecule has 0 bridgehead atoms. The van der Waals surface area contributed by atoms with Crippen molar-refractivity contribution in [1.29, 1.82) is 0 Å². The molecular formula is C21H21N3O4. The van der Waals surface area contributed by atoms with E-state index in [4.69, 9.17) is 0 Å². The number of nitrogens with zero attached hydrogens (tertiary/aromatic N) is 2. The average molecular weight is 379 g/mol. The first-order valence-electron chi connectivity index (χ1n) is 8.75. The fraction of sp³-hybridized carbons (Fsp3) is 0.190. The molecule has 1 heterocycles. The first-order valence-corrected chi connectivity index (χ1v) is 8.75. The van der Waals surface area contributed by atoms with Gasteiger partial charge in [0.2, 0.25) is 0 Å². The number of carbonyl (C=O) groups excluding carboxylic acids is 2. The van der Waals surface area contributed by atoms with E-state index in [1.165, 1.54) is 7.11 Å². The normalized spacial score (nSPS) is 11.7. The molecule has 144 valence electrons. The molecule has 0 unspecified atom stereocenters. The average Bonchev–Trinajstić information content (AvgIpc) is 3.17. The highest BCUT2D eigenvalue weighted by atomic mass is 16.5. The van der Waals surface area contributed by atoms with E-state index in [1.807, 2.05) is 61.5 Å². The number of aliphatic hydroxyl groups is 1. The third kappa shape index (κ3) is 4.10. The number of methoxy groups -OCH3 is 1. The van der Waals surface area contributed by atoms with Crippen LogP contribution in [0, 0.1) is 6.92 Å². The molecule has 7 heteroatoms. The van der Waals surface area contributed by atoms with Gasteiger partial charge in [-0.25, -0.2) is 9.48 Å². The summed E-state index contributed by atoms with van der Waals surface area (Å²) in [6, 6.07) is 15.9. The second-order valence-corrected chi connectivity index (χ2v) is 6.27. The lowest BCUT2D eigenvalue weighted by atomic mass is 10.1. The van der Waals surface area contributed by atoms with Gasteiger partial charge in [-0.05, 0) is 25.1 Å². The molecule has 0 fully saturated rings. The van der Waals surface area contributed by atoms with Crippen LogP contribution in [0.25, 0.3) is 16.9 Å². The first-order chi connectivity index (χ1) is 13.5. The molecule has 7 nitrogen and oxygen atoms in total. The SMILES string of the molecule is COC(=O)[C@@H](CO)NC(=O)c1cn(-c2ccccc2)nc1-c1cccc(C)c1. The molecule has 28 heavy (non-hydrogen) atoms. The highest BCUT2D eigenvalue weighted by molar-refractivity contribution is 6.01. The number of amides is 1. The quantitative estimate of drug-likeness (QED) is 0.640. The zero-order valence-electron chi connectivity index (χ0n) is 15.6. The highest BCUT2D eigenvalue weighted by Crippen LogP contribution is 2.24. The summed E-state index contributed by atoms with van der Waals surface area (Å²) in [5, 5.41) is 16.5. The predicted octanol–water partition coefficient (Wildman–Crippen LogP) is 2.11. The molecule has 0 radical (unpaired) electrons. The molecule has 0 saturated carbocycles. The first kappa shape index (κ1) is 19.3. The zero-order valence-corrected chi connectivity index (χ0v) is 15.6. The topological polar surface area (TPSA) is 93.5 Å². The fourth-order valence-corrected chi connectivity index (χ4v) is 2.82. The van der Waals surface area contributed by atoms with Crippen LogP contribution in [-0.4, -0.2) is 46.5 Å². The van der Waals surface area contributed by atoms with Crippen molar-refractivity contribution < 1.29 is 19.4 Å². The van der Waals surface area contributed by atoms with Crippen LogP contribution >= 0.6 is 0 Å². The maximum Gasteiger partial charge on any atom is 0.330 e. The van der Waals surface area contributed by atoms with Crippen molar-refractivity contribution >= 4 is 11.9 Å². The number of aliphatic hydroxyl groups excluding tert-OH is 1. The predicted molar refractivity (Wildman–Crippen MR) is 104 cm³/mol. The minimum absolute atomic E-state index is 0.289.